The van der Waals surface area contributed by atoms with Crippen molar-refractivity contribution < 1.29 is 9.47 Å². The Hall–Kier alpha value is -0.190. The van der Waals surface area contributed by atoms with Crippen LogP contribution in [-0.2, 0) is 9.47 Å². The van der Waals surface area contributed by atoms with E-state index in [1.807, 2.05) is 0 Å². The molecule has 0 heterocycles. The second-order valence-corrected chi connectivity index (χ2v) is 3.51. The van der Waals surface area contributed by atoms with Gasteiger partial charge in [-0.1, -0.05) is 26.1 Å². The van der Waals surface area contributed by atoms with Gasteiger partial charge in [0.15, 0.2) is 0 Å². The normalized spacial score (nSPS) is 10.6. The molecule has 0 radical (unpaired) electrons. The van der Waals surface area contributed by atoms with E-state index in [2.05, 4.69) is 26.1 Å². The monoisotopic (exact) mass is 191 g/mol. The minimum Gasteiger partial charge on any atom is -0.391 e. The summed E-state index contributed by atoms with van der Waals surface area (Å²) in [4.78, 5) is 0.388. The molecule has 0 rings (SSSR count). The molecule has 2 N–H and O–H groups in total. The van der Waals surface area contributed by atoms with Crippen LogP contribution in [0.3, 0.4) is 0 Å². The first kappa shape index (κ1) is 11.8. The molecule has 0 bridgehead atoms. The average molecular weight is 191 g/mol. The predicted octanol–water partition coefficient (Wildman–Crippen LogP) is 0.962. The van der Waals surface area contributed by atoms with Gasteiger partial charge in [0.1, 0.15) is 0 Å². The lowest BCUT2D eigenvalue weighted by Gasteiger charge is -2.06. The molecule has 0 aromatic rings. The molecule has 0 spiro atoms. The Balaban J connectivity index is 2.96. The summed E-state index contributed by atoms with van der Waals surface area (Å²) in [6.07, 6.45) is 0. The number of thiocarbonyl (C=S) groups is 1. The molecule has 0 amide bonds. The molecule has 0 saturated carbocycles. The highest BCUT2D eigenvalue weighted by atomic mass is 32.1. The van der Waals surface area contributed by atoms with Gasteiger partial charge < -0.3 is 15.2 Å². The van der Waals surface area contributed by atoms with E-state index in [-0.39, 0.29) is 0 Å². The molecule has 0 aliphatic carbocycles. The zero-order valence-electron chi connectivity index (χ0n) is 7.71. The summed E-state index contributed by atoms with van der Waals surface area (Å²) in [7, 11) is 0. The topological polar surface area (TPSA) is 44.5 Å². The minimum absolute atomic E-state index is 0.348. The van der Waals surface area contributed by atoms with Crippen LogP contribution in [0.15, 0.2) is 0 Å². The highest BCUT2D eigenvalue weighted by molar-refractivity contribution is 7.80. The first-order chi connectivity index (χ1) is 5.63. The maximum Gasteiger partial charge on any atom is 0.0989 e. The van der Waals surface area contributed by atoms with Gasteiger partial charge in [0.05, 0.1) is 24.8 Å². The van der Waals surface area contributed by atoms with E-state index in [1.54, 1.807) is 0 Å². The second-order valence-electron chi connectivity index (χ2n) is 2.99. The van der Waals surface area contributed by atoms with Gasteiger partial charge in [-0.3, -0.25) is 0 Å². The van der Waals surface area contributed by atoms with Crippen molar-refractivity contribution in [3.8, 4) is 0 Å². The Morgan fingerprint density at radius 1 is 1.33 bits per heavy atom. The van der Waals surface area contributed by atoms with Gasteiger partial charge in [0.2, 0.25) is 0 Å². The molecule has 0 fully saturated rings. The first-order valence-corrected chi connectivity index (χ1v) is 4.47. The number of nitrogens with two attached hydrogens (primary N) is 1. The number of rotatable bonds is 7. The van der Waals surface area contributed by atoms with Crippen molar-refractivity contribution in [2.24, 2.45) is 11.7 Å². The number of hydrogen-bond donors (Lipinski definition) is 1. The summed E-state index contributed by atoms with van der Waals surface area (Å²) < 4.78 is 10.4. The lowest BCUT2D eigenvalue weighted by molar-refractivity contribution is 0.0500. The van der Waals surface area contributed by atoms with Crippen LogP contribution in [0, 0.1) is 5.92 Å². The van der Waals surface area contributed by atoms with Gasteiger partial charge in [-0.2, -0.15) is 0 Å². The zero-order valence-corrected chi connectivity index (χ0v) is 8.52. The molecule has 0 unspecified atom stereocenters. The SMILES string of the molecule is CC(C)COCCOCC(N)=S. The van der Waals surface area contributed by atoms with E-state index in [9.17, 15) is 0 Å². The quantitative estimate of drug-likeness (QED) is 0.481. The second kappa shape index (κ2) is 7.46. The fourth-order valence-corrected chi connectivity index (χ4v) is 0.693. The molecule has 72 valence electrons. The summed E-state index contributed by atoms with van der Waals surface area (Å²) in [5, 5.41) is 0. The summed E-state index contributed by atoms with van der Waals surface area (Å²) in [5.41, 5.74) is 5.22. The van der Waals surface area contributed by atoms with Gasteiger partial charge in [0, 0.05) is 6.61 Å². The molecule has 0 aliphatic rings. The van der Waals surface area contributed by atoms with E-state index < -0.39 is 0 Å². The van der Waals surface area contributed by atoms with Crippen LogP contribution in [0.5, 0.6) is 0 Å². The smallest absolute Gasteiger partial charge is 0.0989 e. The van der Waals surface area contributed by atoms with Crippen molar-refractivity contribution in [3.05, 3.63) is 0 Å². The van der Waals surface area contributed by atoms with E-state index in [1.165, 1.54) is 0 Å². The Bertz CT molecular complexity index is 128. The summed E-state index contributed by atoms with van der Waals surface area (Å²) in [6.45, 7) is 6.51. The van der Waals surface area contributed by atoms with E-state index >= 15 is 0 Å². The van der Waals surface area contributed by atoms with E-state index in [0.29, 0.717) is 30.7 Å². The molecule has 3 nitrogen and oxygen atoms in total. The summed E-state index contributed by atoms with van der Waals surface area (Å²) >= 11 is 4.63. The number of hydrogen-bond acceptors (Lipinski definition) is 3. The molecule has 0 aromatic heterocycles. The van der Waals surface area contributed by atoms with Crippen LogP contribution in [0.1, 0.15) is 13.8 Å². The van der Waals surface area contributed by atoms with Crippen molar-refractivity contribution in [2.75, 3.05) is 26.4 Å². The lowest BCUT2D eigenvalue weighted by Crippen LogP contribution is -2.18. The third kappa shape index (κ3) is 9.81. The van der Waals surface area contributed by atoms with E-state index in [4.69, 9.17) is 15.2 Å². The van der Waals surface area contributed by atoms with Gasteiger partial charge >= 0.3 is 0 Å². The van der Waals surface area contributed by atoms with Crippen LogP contribution in [0.2, 0.25) is 0 Å². The Kier molecular flexibility index (Phi) is 7.34. The van der Waals surface area contributed by atoms with Crippen molar-refractivity contribution in [1.29, 1.82) is 0 Å². The third-order valence-corrected chi connectivity index (χ3v) is 1.19. The maximum absolute atomic E-state index is 5.27. The zero-order chi connectivity index (χ0) is 9.40. The molecular formula is C8H17NO2S. The standard InChI is InChI=1S/C8H17NO2S/c1-7(2)5-10-3-4-11-6-8(9)12/h7H,3-6H2,1-2H3,(H2,9,12). The third-order valence-electron chi connectivity index (χ3n) is 1.07. The highest BCUT2D eigenvalue weighted by Gasteiger charge is 1.94. The van der Waals surface area contributed by atoms with E-state index in [0.717, 1.165) is 6.61 Å². The van der Waals surface area contributed by atoms with Gasteiger partial charge in [0.25, 0.3) is 0 Å². The lowest BCUT2D eigenvalue weighted by atomic mass is 10.2. The summed E-state index contributed by atoms with van der Waals surface area (Å²) in [6, 6.07) is 0. The van der Waals surface area contributed by atoms with Crippen molar-refractivity contribution >= 4 is 17.2 Å². The molecule has 4 heteroatoms. The van der Waals surface area contributed by atoms with Crippen LogP contribution >= 0.6 is 12.2 Å². The summed E-state index contributed by atoms with van der Waals surface area (Å²) in [5.74, 6) is 0.570. The highest BCUT2D eigenvalue weighted by Crippen LogP contribution is 1.91. The predicted molar refractivity (Wildman–Crippen MR) is 53.3 cm³/mol. The Morgan fingerprint density at radius 2 is 1.92 bits per heavy atom. The van der Waals surface area contributed by atoms with Crippen molar-refractivity contribution in [3.63, 3.8) is 0 Å². The van der Waals surface area contributed by atoms with Crippen LogP contribution in [-0.4, -0.2) is 31.4 Å². The van der Waals surface area contributed by atoms with Crippen LogP contribution in [0.25, 0.3) is 0 Å². The first-order valence-electron chi connectivity index (χ1n) is 4.06. The average Bonchev–Trinajstić information content (AvgIpc) is 1.95. The molecular weight excluding hydrogens is 174 g/mol. The Morgan fingerprint density at radius 3 is 2.42 bits per heavy atom. The Labute approximate surface area is 79.2 Å². The molecule has 0 saturated heterocycles. The van der Waals surface area contributed by atoms with Gasteiger partial charge in [-0.05, 0) is 5.92 Å². The van der Waals surface area contributed by atoms with Crippen molar-refractivity contribution in [1.82, 2.24) is 0 Å². The largest absolute Gasteiger partial charge is 0.391 e. The number of ether oxygens (including phenoxy) is 2. The van der Waals surface area contributed by atoms with Crippen LogP contribution < -0.4 is 5.73 Å². The molecule has 0 atom stereocenters. The molecule has 0 aliphatic heterocycles. The van der Waals surface area contributed by atoms with Crippen LogP contribution in [0.4, 0.5) is 0 Å². The van der Waals surface area contributed by atoms with Crippen molar-refractivity contribution in [2.45, 2.75) is 13.8 Å². The van der Waals surface area contributed by atoms with Gasteiger partial charge in [-0.15, -0.1) is 0 Å². The van der Waals surface area contributed by atoms with Gasteiger partial charge in [-0.25, -0.2) is 0 Å². The fraction of sp³-hybridized carbons (Fsp3) is 0.875. The maximum atomic E-state index is 5.27. The molecule has 0 aromatic carbocycles. The minimum atomic E-state index is 0.348. The fourth-order valence-electron chi connectivity index (χ4n) is 0.610. The molecule has 12 heavy (non-hydrogen) atoms.